The van der Waals surface area contributed by atoms with Gasteiger partial charge in [0, 0.05) is 35.6 Å². The summed E-state index contributed by atoms with van der Waals surface area (Å²) in [6.45, 7) is 5.90. The van der Waals surface area contributed by atoms with Gasteiger partial charge >= 0.3 is 0 Å². The Morgan fingerprint density at radius 2 is 1.94 bits per heavy atom. The minimum absolute atomic E-state index is 0.0268. The Labute approximate surface area is 216 Å². The minimum atomic E-state index is -0.338. The number of nitrogens with one attached hydrogen (secondary N) is 2. The van der Waals surface area contributed by atoms with Crippen molar-refractivity contribution in [2.45, 2.75) is 45.8 Å². The van der Waals surface area contributed by atoms with Crippen LogP contribution in [0.2, 0.25) is 10.0 Å². The van der Waals surface area contributed by atoms with E-state index < -0.39 is 0 Å². The molecule has 2 aromatic heterocycles. The fraction of sp³-hybridized carbons (Fsp3) is 0.348. The van der Waals surface area contributed by atoms with E-state index in [1.807, 2.05) is 20.8 Å². The maximum Gasteiger partial charge on any atom is 0.270 e. The minimum Gasteiger partial charge on any atom is -0.354 e. The first-order chi connectivity index (χ1) is 16.6. The molecule has 4 rings (SSSR count). The van der Waals surface area contributed by atoms with Crippen molar-refractivity contribution in [3.63, 3.8) is 0 Å². The average Bonchev–Trinajstić information content (AvgIpc) is 3.29. The smallest absolute Gasteiger partial charge is 0.270 e. The molecule has 0 spiro atoms. The highest BCUT2D eigenvalue weighted by molar-refractivity contribution is 7.12. The molecule has 1 aliphatic heterocycles. The van der Waals surface area contributed by atoms with Gasteiger partial charge in [-0.25, -0.2) is 14.5 Å². The van der Waals surface area contributed by atoms with Crippen LogP contribution in [0.4, 0.5) is 5.95 Å². The Balaban J connectivity index is 1.76. The van der Waals surface area contributed by atoms with E-state index in [-0.39, 0.29) is 41.7 Å². The summed E-state index contributed by atoms with van der Waals surface area (Å²) in [6, 6.07) is 4.47. The highest BCUT2D eigenvalue weighted by atomic mass is 35.5. The first-order valence-electron chi connectivity index (χ1n) is 11.0. The number of amides is 2. The van der Waals surface area contributed by atoms with Crippen molar-refractivity contribution in [2.24, 2.45) is 0 Å². The topological polar surface area (TPSA) is 109 Å². The second-order valence-corrected chi connectivity index (χ2v) is 10.2. The SMILES string of the molecule is CNC(=O)c1csc(-n2c(NC(C)C)nc3c(c2=O)C[C@@H](C)N(C(=O)c2ccc(Cl)c(Cl)c2)C3)n1. The van der Waals surface area contributed by atoms with Gasteiger partial charge in [-0.1, -0.05) is 23.2 Å². The molecule has 3 aromatic rings. The van der Waals surface area contributed by atoms with Crippen molar-refractivity contribution >= 4 is 52.3 Å². The van der Waals surface area contributed by atoms with Crippen molar-refractivity contribution in [2.75, 3.05) is 12.4 Å². The van der Waals surface area contributed by atoms with Gasteiger partial charge in [-0.2, -0.15) is 0 Å². The van der Waals surface area contributed by atoms with Crippen molar-refractivity contribution in [3.8, 4) is 5.13 Å². The third-order valence-corrected chi connectivity index (χ3v) is 7.17. The molecule has 1 aliphatic rings. The van der Waals surface area contributed by atoms with Crippen LogP contribution in [0.15, 0.2) is 28.4 Å². The zero-order chi connectivity index (χ0) is 25.4. The molecule has 35 heavy (non-hydrogen) atoms. The van der Waals surface area contributed by atoms with Gasteiger partial charge in [0.1, 0.15) is 5.69 Å². The monoisotopic (exact) mass is 534 g/mol. The number of carbonyl (C=O) groups is 2. The van der Waals surface area contributed by atoms with Crippen LogP contribution < -0.4 is 16.2 Å². The number of thiazole rings is 1. The fourth-order valence-electron chi connectivity index (χ4n) is 3.86. The number of hydrogen-bond donors (Lipinski definition) is 2. The van der Waals surface area contributed by atoms with Gasteiger partial charge in [-0.15, -0.1) is 11.3 Å². The number of hydrogen-bond acceptors (Lipinski definition) is 7. The number of anilines is 1. The second kappa shape index (κ2) is 9.96. The Hall–Kier alpha value is -2.95. The van der Waals surface area contributed by atoms with Crippen LogP contribution in [0, 0.1) is 0 Å². The molecule has 184 valence electrons. The molecule has 0 bridgehead atoms. The summed E-state index contributed by atoms with van der Waals surface area (Å²) in [5, 5.41) is 8.34. The lowest BCUT2D eigenvalue weighted by molar-refractivity contribution is 0.0653. The molecule has 0 saturated heterocycles. The Bertz CT molecular complexity index is 1370. The van der Waals surface area contributed by atoms with E-state index >= 15 is 0 Å². The summed E-state index contributed by atoms with van der Waals surface area (Å²) in [5.74, 6) is -0.255. The van der Waals surface area contributed by atoms with Gasteiger partial charge < -0.3 is 15.5 Å². The van der Waals surface area contributed by atoms with Gasteiger partial charge in [0.05, 0.1) is 22.3 Å². The van der Waals surface area contributed by atoms with E-state index in [9.17, 15) is 14.4 Å². The van der Waals surface area contributed by atoms with Crippen LogP contribution in [-0.4, -0.2) is 50.4 Å². The van der Waals surface area contributed by atoms with Gasteiger partial charge in [-0.3, -0.25) is 14.4 Å². The van der Waals surface area contributed by atoms with Gasteiger partial charge in [0.25, 0.3) is 17.4 Å². The van der Waals surface area contributed by atoms with Crippen LogP contribution in [-0.2, 0) is 13.0 Å². The van der Waals surface area contributed by atoms with Crippen molar-refractivity contribution in [1.29, 1.82) is 0 Å². The number of rotatable bonds is 5. The molecule has 0 fully saturated rings. The van der Waals surface area contributed by atoms with Crippen LogP contribution in [0.5, 0.6) is 0 Å². The number of nitrogens with zero attached hydrogens (tertiary/aromatic N) is 4. The summed E-state index contributed by atoms with van der Waals surface area (Å²) < 4.78 is 1.40. The highest BCUT2D eigenvalue weighted by Crippen LogP contribution is 2.28. The van der Waals surface area contributed by atoms with E-state index in [2.05, 4.69) is 15.6 Å². The number of benzene rings is 1. The molecule has 1 aromatic carbocycles. The summed E-state index contributed by atoms with van der Waals surface area (Å²) in [5.41, 5.74) is 1.39. The second-order valence-electron chi connectivity index (χ2n) is 8.51. The van der Waals surface area contributed by atoms with E-state index in [1.165, 1.54) is 29.0 Å². The van der Waals surface area contributed by atoms with Crippen LogP contribution in [0.3, 0.4) is 0 Å². The van der Waals surface area contributed by atoms with Crippen molar-refractivity contribution in [3.05, 3.63) is 66.5 Å². The molecule has 2 amide bonds. The summed E-state index contributed by atoms with van der Waals surface area (Å²) in [7, 11) is 1.52. The van der Waals surface area contributed by atoms with Crippen LogP contribution >= 0.6 is 34.5 Å². The highest BCUT2D eigenvalue weighted by Gasteiger charge is 2.32. The van der Waals surface area contributed by atoms with E-state index in [1.54, 1.807) is 22.4 Å². The number of halogens is 2. The average molecular weight is 535 g/mol. The van der Waals surface area contributed by atoms with Crippen LogP contribution in [0.1, 0.15) is 52.9 Å². The van der Waals surface area contributed by atoms with Gasteiger partial charge in [0.2, 0.25) is 5.95 Å². The first-order valence-corrected chi connectivity index (χ1v) is 12.6. The Morgan fingerprint density at radius 3 is 2.60 bits per heavy atom. The molecular weight excluding hydrogens is 511 g/mol. The molecule has 1 atom stereocenters. The molecule has 12 heteroatoms. The third kappa shape index (κ3) is 4.91. The molecule has 0 aliphatic carbocycles. The molecule has 0 unspecified atom stereocenters. The van der Waals surface area contributed by atoms with E-state index in [4.69, 9.17) is 28.2 Å². The maximum atomic E-state index is 13.7. The number of carbonyl (C=O) groups excluding carboxylic acids is 2. The summed E-state index contributed by atoms with van der Waals surface area (Å²) in [6.07, 6.45) is 0.323. The molecule has 3 heterocycles. The zero-order valence-corrected chi connectivity index (χ0v) is 21.9. The largest absolute Gasteiger partial charge is 0.354 e. The van der Waals surface area contributed by atoms with E-state index in [0.29, 0.717) is 44.4 Å². The normalized spacial score (nSPS) is 15.2. The predicted octanol–water partition coefficient (Wildman–Crippen LogP) is 3.76. The van der Waals surface area contributed by atoms with Gasteiger partial charge in [0.15, 0.2) is 5.13 Å². The maximum absolute atomic E-state index is 13.7. The zero-order valence-electron chi connectivity index (χ0n) is 19.6. The third-order valence-electron chi connectivity index (χ3n) is 5.60. The number of fused-ring (bicyclic) bond motifs is 1. The Morgan fingerprint density at radius 1 is 1.20 bits per heavy atom. The lowest BCUT2D eigenvalue weighted by Crippen LogP contribution is -2.46. The fourth-order valence-corrected chi connectivity index (χ4v) is 4.96. The standard InChI is InChI=1S/C23H24Cl2N6O3S/c1-11(2)27-22-28-17-9-30(20(33)13-5-6-15(24)16(25)8-13)12(3)7-14(17)21(34)31(22)23-29-18(10-35-23)19(32)26-4/h5-6,8,10-12H,7,9H2,1-4H3,(H,26,32)(H,27,28)/t12-/m1/s1. The lowest BCUT2D eigenvalue weighted by Gasteiger charge is -2.34. The van der Waals surface area contributed by atoms with Crippen molar-refractivity contribution in [1.82, 2.24) is 24.8 Å². The molecule has 0 saturated carbocycles. The molecule has 0 radical (unpaired) electrons. The Kier molecular flexibility index (Phi) is 7.16. The van der Waals surface area contributed by atoms with Gasteiger partial charge in [-0.05, 0) is 45.4 Å². The summed E-state index contributed by atoms with van der Waals surface area (Å²) in [4.78, 5) is 49.7. The quantitative estimate of drug-likeness (QED) is 0.515. The van der Waals surface area contributed by atoms with E-state index in [0.717, 1.165) is 0 Å². The van der Waals surface area contributed by atoms with Crippen molar-refractivity contribution < 1.29 is 9.59 Å². The molecular formula is C23H24Cl2N6O3S. The molecule has 9 nitrogen and oxygen atoms in total. The molecule has 2 N–H and O–H groups in total. The lowest BCUT2D eigenvalue weighted by atomic mass is 9.98. The predicted molar refractivity (Wildman–Crippen MR) is 137 cm³/mol. The first kappa shape index (κ1) is 25.2. The summed E-state index contributed by atoms with van der Waals surface area (Å²) >= 11 is 13.3. The van der Waals surface area contributed by atoms with Crippen LogP contribution in [0.25, 0.3) is 5.13 Å². The number of aromatic nitrogens is 3.